The molecule has 0 saturated carbocycles. The smallest absolute Gasteiger partial charge is 0.870 e. The summed E-state index contributed by atoms with van der Waals surface area (Å²) in [5, 5.41) is 14.5. The van der Waals surface area contributed by atoms with Crippen LogP contribution in [0.4, 0.5) is 70.2 Å². The van der Waals surface area contributed by atoms with Crippen molar-refractivity contribution in [2.24, 2.45) is 11.8 Å². The first-order valence-corrected chi connectivity index (χ1v) is 33.7. The predicted molar refractivity (Wildman–Crippen MR) is 382 cm³/mol. The molecule has 0 bridgehead atoms. The Morgan fingerprint density at radius 1 is 0.505 bits per heavy atom. The van der Waals surface area contributed by atoms with E-state index < -0.39 is 153 Å². The number of likely N-dealkylation sites (tertiary alicyclic amines) is 2. The third-order valence-electron chi connectivity index (χ3n) is 18.4. The summed E-state index contributed by atoms with van der Waals surface area (Å²) in [6, 6.07) is -0.352. The summed E-state index contributed by atoms with van der Waals surface area (Å²) < 4.78 is 237. The van der Waals surface area contributed by atoms with Crippen molar-refractivity contribution in [1.82, 2.24) is 29.6 Å². The number of ether oxygens (including phenoxy) is 1. The van der Waals surface area contributed by atoms with Gasteiger partial charge < -0.3 is 50.4 Å². The SMILES string of the molecule is CCOC(=O)C[C@H](NC(=O)C(CC(C)C)n1cc(CCN2CCC2)c(C(F)(F)F)cc1=O)c1c(F)c(C)cc(-c2c(C)cc(C(F)(F)F)cc2C)c1F.Cc1cc(-c2c(C)cc(C(F)(F)F)cc2C)c(F)c([C@H](CC(=O)O)NC(=O)C(CC(C)C)n2cc(CCN3CCC3)c(C(F)(F)F)cc2=O)c1F.O.S.S.[Li+].[OH-]. The van der Waals surface area contributed by atoms with Crippen molar-refractivity contribution in [3.8, 4) is 22.3 Å². The first-order valence-electron chi connectivity index (χ1n) is 33.7. The molecule has 2 aliphatic rings. The maximum Gasteiger partial charge on any atom is 1.00 e. The van der Waals surface area contributed by atoms with Crippen molar-refractivity contribution in [2.75, 3.05) is 45.9 Å². The minimum absolute atomic E-state index is 0. The quantitative estimate of drug-likeness (QED) is 0.0277. The number of nitrogens with zero attached hydrogens (tertiary/aromatic N) is 4. The molecule has 109 heavy (non-hydrogen) atoms. The molecule has 16 nitrogen and oxygen atoms in total. The van der Waals surface area contributed by atoms with Crippen LogP contribution in [0.25, 0.3) is 22.3 Å². The van der Waals surface area contributed by atoms with Gasteiger partial charge in [0.25, 0.3) is 11.1 Å². The van der Waals surface area contributed by atoms with Crippen LogP contribution in [0.15, 0.2) is 70.5 Å². The summed E-state index contributed by atoms with van der Waals surface area (Å²) in [6.07, 6.45) is -17.5. The molecule has 6 aromatic rings. The van der Waals surface area contributed by atoms with E-state index in [1.165, 1.54) is 48.5 Å². The van der Waals surface area contributed by atoms with Crippen molar-refractivity contribution in [2.45, 2.75) is 176 Å². The number of carboxylic acid groups (broad SMARTS) is 1. The Bertz CT molecular complexity index is 4290. The van der Waals surface area contributed by atoms with Crippen LogP contribution in [0.3, 0.4) is 0 Å². The first-order chi connectivity index (χ1) is 48.2. The van der Waals surface area contributed by atoms with Gasteiger partial charge in [-0.2, -0.15) is 79.7 Å². The Labute approximate surface area is 645 Å². The number of aromatic nitrogens is 2. The van der Waals surface area contributed by atoms with Gasteiger partial charge in [0.05, 0.1) is 53.8 Å². The number of hydrogen-bond acceptors (Lipinski definition) is 10. The van der Waals surface area contributed by atoms with Gasteiger partial charge in [0.1, 0.15) is 35.4 Å². The second kappa shape index (κ2) is 39.7. The third kappa shape index (κ3) is 24.1. The summed E-state index contributed by atoms with van der Waals surface area (Å²) in [6.45, 7) is 19.3. The number of hydrogen-bond donors (Lipinski definition) is 3. The van der Waals surface area contributed by atoms with Gasteiger partial charge in [-0.25, -0.2) is 17.6 Å². The van der Waals surface area contributed by atoms with Crippen LogP contribution in [0.1, 0.15) is 175 Å². The Balaban J connectivity index is 0.000000708. The number of esters is 1. The zero-order valence-electron chi connectivity index (χ0n) is 61.9. The fourth-order valence-corrected chi connectivity index (χ4v) is 13.2. The number of halogens is 16. The number of rotatable bonds is 25. The van der Waals surface area contributed by atoms with Gasteiger partial charge in [0.15, 0.2) is 0 Å². The molecule has 0 spiro atoms. The van der Waals surface area contributed by atoms with Gasteiger partial charge in [-0.15, -0.1) is 0 Å². The molecule has 600 valence electrons. The average Bonchev–Trinajstić information content (AvgIpc) is 0.759. The maximum absolute atomic E-state index is 16.7. The number of alkyl halides is 12. The molecule has 35 heteroatoms. The maximum atomic E-state index is 16.7. The van der Waals surface area contributed by atoms with E-state index in [-0.39, 0.29) is 181 Å². The Hall–Kier alpha value is -7.32. The molecule has 4 atom stereocenters. The van der Waals surface area contributed by atoms with E-state index in [4.69, 9.17) is 4.74 Å². The number of amides is 2. The average molecular weight is 1600 g/mol. The molecular weight excluding hydrogens is 1510 g/mol. The van der Waals surface area contributed by atoms with Gasteiger partial charge in [-0.1, -0.05) is 27.7 Å². The molecule has 2 aliphatic heterocycles. The van der Waals surface area contributed by atoms with Crippen LogP contribution in [-0.2, 0) is 61.5 Å². The number of benzene rings is 4. The van der Waals surface area contributed by atoms with Crippen LogP contribution in [0, 0.1) is 76.6 Å². The molecular formula is C74H89F16LiN6O10S2. The Kier molecular flexibility index (Phi) is 35.6. The van der Waals surface area contributed by atoms with E-state index >= 15 is 17.6 Å². The van der Waals surface area contributed by atoms with Crippen LogP contribution >= 0.6 is 27.0 Å². The number of aliphatic carboxylic acids is 1. The topological polar surface area (TPSA) is 234 Å². The normalized spacial score (nSPS) is 14.3. The van der Waals surface area contributed by atoms with Crippen LogP contribution in [0.5, 0.6) is 0 Å². The molecule has 2 amide bonds. The fourth-order valence-electron chi connectivity index (χ4n) is 13.2. The summed E-state index contributed by atoms with van der Waals surface area (Å²) in [7, 11) is 0. The Morgan fingerprint density at radius 2 is 0.826 bits per heavy atom. The van der Waals surface area contributed by atoms with Crippen LogP contribution < -0.4 is 40.6 Å². The minimum Gasteiger partial charge on any atom is -0.870 e. The summed E-state index contributed by atoms with van der Waals surface area (Å²) in [5.74, 6) is -10.2. The van der Waals surface area contributed by atoms with Gasteiger partial charge in [-0.05, 0) is 217 Å². The number of aryl methyl sites for hydroxylation is 6. The zero-order valence-corrected chi connectivity index (χ0v) is 63.9. The van der Waals surface area contributed by atoms with Crippen molar-refractivity contribution in [1.29, 1.82) is 0 Å². The second-order valence-electron chi connectivity index (χ2n) is 27.4. The molecule has 2 unspecified atom stereocenters. The fraction of sp³-hybridized carbons (Fsp3) is 0.486. The predicted octanol–water partition coefficient (Wildman–Crippen LogP) is 12.6. The third-order valence-corrected chi connectivity index (χ3v) is 18.4. The van der Waals surface area contributed by atoms with Crippen molar-refractivity contribution >= 4 is 50.7 Å². The number of carboxylic acids is 1. The van der Waals surface area contributed by atoms with E-state index in [2.05, 4.69) is 10.6 Å². The molecule has 2 fully saturated rings. The monoisotopic (exact) mass is 1600 g/mol. The molecule has 8 rings (SSSR count). The van der Waals surface area contributed by atoms with E-state index in [9.17, 15) is 86.6 Å². The first kappa shape index (κ1) is 97.8. The van der Waals surface area contributed by atoms with Gasteiger partial charge >= 0.3 is 55.5 Å². The van der Waals surface area contributed by atoms with Crippen molar-refractivity contribution < 1.29 is 129 Å². The van der Waals surface area contributed by atoms with Crippen molar-refractivity contribution in [3.63, 3.8) is 0 Å². The molecule has 4 heterocycles. The Morgan fingerprint density at radius 3 is 1.09 bits per heavy atom. The van der Waals surface area contributed by atoms with Crippen molar-refractivity contribution in [3.05, 3.63) is 183 Å². The van der Waals surface area contributed by atoms with Crippen LogP contribution in [0.2, 0.25) is 0 Å². The number of carbonyl (C=O) groups is 4. The zero-order chi connectivity index (χ0) is 77.7. The number of carbonyl (C=O) groups excluding carboxylic acids is 3. The molecule has 0 radical (unpaired) electrons. The summed E-state index contributed by atoms with van der Waals surface area (Å²) >= 11 is 0. The van der Waals surface area contributed by atoms with E-state index in [0.29, 0.717) is 38.3 Å². The van der Waals surface area contributed by atoms with Crippen LogP contribution in [-0.4, -0.2) is 105 Å². The number of pyridine rings is 2. The molecule has 4 aromatic carbocycles. The van der Waals surface area contributed by atoms with Gasteiger partial charge in [-0.3, -0.25) is 28.8 Å². The van der Waals surface area contributed by atoms with E-state index in [1.807, 2.05) is 9.80 Å². The minimum atomic E-state index is -4.87. The molecule has 0 aliphatic carbocycles. The second-order valence-corrected chi connectivity index (χ2v) is 27.4. The van der Waals surface area contributed by atoms with E-state index in [0.717, 1.165) is 70.8 Å². The molecule has 6 N–H and O–H groups in total. The largest absolute Gasteiger partial charge is 1.00 e. The molecule has 2 saturated heterocycles. The molecule has 2 aromatic heterocycles. The summed E-state index contributed by atoms with van der Waals surface area (Å²) in [5.41, 5.74) is -9.49. The summed E-state index contributed by atoms with van der Waals surface area (Å²) in [4.78, 5) is 83.3. The van der Waals surface area contributed by atoms with E-state index in [1.54, 1.807) is 27.7 Å². The number of nitrogens with one attached hydrogen (secondary N) is 2. The van der Waals surface area contributed by atoms with Gasteiger partial charge in [0, 0.05) is 59.9 Å². The standard InChI is InChI=1S/C38H43F8N3O4.C36H39F8N3O4.Li.2H2O.2H2S/c1-7-53-31(51)18-28(33-34(39)23(6)16-26(35(33)40)32-21(4)14-25(15-22(32)5)37(41,42)43)47-36(52)29(13-20(2)3)49-19-24(9-12-48-10-8-11-48)27(17-30(49)50)38(44,45)46;1-18(2)11-27(47-17-22(7-10-46-8-6-9-46)25(15-28(47)48)36(42,43)44)34(51)45-26(16-29(49)50)31-32(37)21(5)14-24(33(31)38)30-19(3)12-23(13-20(30)4)35(39,40)41;;;;;/h14-17,19-20,28-29H,7-13,18H2,1-6H3,(H,47,52);12-15,17-18,26-27H,6-11,16H2,1-5H3,(H,45,51)(H,49,50);;4*1H2/q;;+1;;;;/p-1/t28-,29?;26-,27?;;;;;/m00...../s1. The van der Waals surface area contributed by atoms with Gasteiger partial charge in [0.2, 0.25) is 11.8 Å².